The van der Waals surface area contributed by atoms with Crippen molar-refractivity contribution in [1.29, 1.82) is 0 Å². The van der Waals surface area contributed by atoms with Gasteiger partial charge in [0.2, 0.25) is 0 Å². The highest BCUT2D eigenvalue weighted by Crippen LogP contribution is 2.14. The normalized spacial score (nSPS) is 11.8. The van der Waals surface area contributed by atoms with E-state index in [1.54, 1.807) is 30.3 Å². The van der Waals surface area contributed by atoms with Gasteiger partial charge in [-0.3, -0.25) is 4.18 Å². The lowest BCUT2D eigenvalue weighted by Gasteiger charge is -2.23. The van der Waals surface area contributed by atoms with Crippen LogP contribution in [0.15, 0.2) is 35.2 Å². The molecule has 0 bridgehead atoms. The summed E-state index contributed by atoms with van der Waals surface area (Å²) in [6.07, 6.45) is 20.7. The van der Waals surface area contributed by atoms with Gasteiger partial charge in [-0.2, -0.15) is 8.42 Å². The zero-order chi connectivity index (χ0) is 25.5. The Hall–Kier alpha value is -0.910. The predicted molar refractivity (Wildman–Crippen MR) is 148 cm³/mol. The molecule has 34 heavy (non-hydrogen) atoms. The van der Waals surface area contributed by atoms with Crippen molar-refractivity contribution in [2.24, 2.45) is 0 Å². The number of hydrogen-bond donors (Lipinski definition) is 0. The van der Waals surface area contributed by atoms with E-state index in [1.807, 2.05) is 0 Å². The molecule has 1 aromatic rings. The van der Waals surface area contributed by atoms with Gasteiger partial charge in [-0.05, 0) is 31.4 Å². The molecule has 0 aliphatic rings. The van der Waals surface area contributed by atoms with Crippen LogP contribution in [0.5, 0.6) is 0 Å². The van der Waals surface area contributed by atoms with Gasteiger partial charge in [0, 0.05) is 0 Å². The summed E-state index contributed by atoms with van der Waals surface area (Å²) in [6, 6.07) is 8.33. The molecule has 0 heterocycles. The van der Waals surface area contributed by atoms with Crippen LogP contribution < -0.4 is 0 Å². The van der Waals surface area contributed by atoms with Crippen LogP contribution in [0.3, 0.4) is 0 Å². The van der Waals surface area contributed by atoms with E-state index < -0.39 is 10.1 Å². The summed E-state index contributed by atoms with van der Waals surface area (Å²) >= 11 is 0. The summed E-state index contributed by atoms with van der Waals surface area (Å²) in [6.45, 7) is 6.12. The highest BCUT2D eigenvalue weighted by atomic mass is 32.2. The minimum absolute atomic E-state index is 0.238. The third kappa shape index (κ3) is 21.6. The van der Waals surface area contributed by atoms with Crippen LogP contribution in [0.4, 0.5) is 0 Å². The van der Waals surface area contributed by atoms with E-state index in [-0.39, 0.29) is 11.5 Å². The molecule has 0 N–H and O–H groups in total. The lowest BCUT2D eigenvalue weighted by molar-refractivity contribution is -0.870. The first-order valence-corrected chi connectivity index (χ1v) is 15.4. The summed E-state index contributed by atoms with van der Waals surface area (Å²) in [5, 5.41) is 0. The Morgan fingerprint density at radius 1 is 0.618 bits per heavy atom. The predicted octanol–water partition coefficient (Wildman–Crippen LogP) is 8.37. The number of quaternary nitrogens is 1. The number of rotatable bonds is 20. The molecule has 1 rings (SSSR count). The number of hydrogen-bond acceptors (Lipinski definition) is 3. The second-order valence-electron chi connectivity index (χ2n) is 10.6. The van der Waals surface area contributed by atoms with E-state index in [1.165, 1.54) is 96.4 Å². The van der Waals surface area contributed by atoms with Crippen molar-refractivity contribution in [3.05, 3.63) is 30.3 Å². The molecule has 200 valence electrons. The minimum Gasteiger partial charge on any atom is -0.331 e. The van der Waals surface area contributed by atoms with E-state index in [0.717, 1.165) is 17.3 Å². The molecule has 0 saturated carbocycles. The largest absolute Gasteiger partial charge is 0.331 e. The Balaban J connectivity index is 0.000000770. The lowest BCUT2D eigenvalue weighted by Crippen LogP contribution is -2.35. The molecular formula is C29H56NO3S+. The van der Waals surface area contributed by atoms with Crippen molar-refractivity contribution in [3.63, 3.8) is 0 Å². The quantitative estimate of drug-likeness (QED) is 0.103. The Morgan fingerprint density at radius 2 is 1.03 bits per heavy atom. The second kappa shape index (κ2) is 21.4. The zero-order valence-corrected chi connectivity index (χ0v) is 24.0. The first-order valence-electron chi connectivity index (χ1n) is 14.0. The van der Waals surface area contributed by atoms with Crippen molar-refractivity contribution in [3.8, 4) is 0 Å². The van der Waals surface area contributed by atoms with Crippen molar-refractivity contribution >= 4 is 10.1 Å². The fourth-order valence-electron chi connectivity index (χ4n) is 3.78. The topological polar surface area (TPSA) is 43.4 Å². The highest BCUT2D eigenvalue weighted by Gasteiger charge is 2.13. The van der Waals surface area contributed by atoms with Crippen LogP contribution in [0.2, 0.25) is 0 Å². The van der Waals surface area contributed by atoms with Gasteiger partial charge in [0.1, 0.15) is 0 Å². The van der Waals surface area contributed by atoms with Gasteiger partial charge in [-0.25, -0.2) is 0 Å². The fraction of sp³-hybridized carbons (Fsp3) is 0.793. The van der Waals surface area contributed by atoms with E-state index in [0.29, 0.717) is 0 Å². The first-order chi connectivity index (χ1) is 16.2. The van der Waals surface area contributed by atoms with Gasteiger partial charge < -0.3 is 4.48 Å². The van der Waals surface area contributed by atoms with Crippen molar-refractivity contribution in [2.75, 3.05) is 34.3 Å². The Kier molecular flexibility index (Phi) is 20.8. The molecule has 0 spiro atoms. The molecule has 0 fully saturated rings. The third-order valence-electron chi connectivity index (χ3n) is 5.95. The molecule has 0 atom stereocenters. The summed E-state index contributed by atoms with van der Waals surface area (Å²) in [5.74, 6) is 0. The second-order valence-corrected chi connectivity index (χ2v) is 12.2. The van der Waals surface area contributed by atoms with E-state index in [9.17, 15) is 8.42 Å². The third-order valence-corrected chi connectivity index (χ3v) is 7.28. The number of nitrogens with zero attached hydrogens (tertiary/aromatic N) is 1. The van der Waals surface area contributed by atoms with Crippen LogP contribution in [0.25, 0.3) is 0 Å². The van der Waals surface area contributed by atoms with Crippen molar-refractivity contribution in [1.82, 2.24) is 0 Å². The first kappa shape index (κ1) is 33.1. The molecular weight excluding hydrogens is 442 g/mol. The van der Waals surface area contributed by atoms with Crippen LogP contribution in [-0.2, 0) is 14.3 Å². The lowest BCUT2D eigenvalue weighted by atomic mass is 10.1. The van der Waals surface area contributed by atoms with Gasteiger partial charge in [0.05, 0.1) is 39.2 Å². The summed E-state index contributed by atoms with van der Waals surface area (Å²) in [4.78, 5) is 0.238. The van der Waals surface area contributed by atoms with E-state index >= 15 is 0 Å². The maximum atomic E-state index is 11.9. The van der Waals surface area contributed by atoms with Crippen LogP contribution in [-0.4, -0.2) is 47.2 Å². The average molecular weight is 499 g/mol. The molecule has 0 aromatic heterocycles. The molecule has 1 aromatic carbocycles. The number of benzene rings is 1. The molecule has 0 aliphatic heterocycles. The summed E-state index contributed by atoms with van der Waals surface area (Å²) in [5.41, 5.74) is 0. The highest BCUT2D eigenvalue weighted by molar-refractivity contribution is 7.86. The van der Waals surface area contributed by atoms with Crippen LogP contribution >= 0.6 is 0 Å². The smallest absolute Gasteiger partial charge is 0.296 e. The Labute approximate surface area is 213 Å². The van der Waals surface area contributed by atoms with E-state index in [2.05, 4.69) is 35.0 Å². The van der Waals surface area contributed by atoms with Gasteiger partial charge in [-0.15, -0.1) is 0 Å². The molecule has 0 aliphatic carbocycles. The molecule has 0 radical (unpaired) electrons. The zero-order valence-electron chi connectivity index (χ0n) is 23.2. The Morgan fingerprint density at radius 3 is 1.47 bits per heavy atom. The van der Waals surface area contributed by atoms with Crippen LogP contribution in [0.1, 0.15) is 117 Å². The SMILES string of the molecule is CCCCCCCCCCCCOS(=O)(=O)c1ccccc1.CCCCCCCC[N+](C)(C)C. The average Bonchev–Trinajstić information content (AvgIpc) is 2.80. The van der Waals surface area contributed by atoms with E-state index in [4.69, 9.17) is 4.18 Å². The molecule has 4 nitrogen and oxygen atoms in total. The van der Waals surface area contributed by atoms with Crippen molar-refractivity contribution in [2.45, 2.75) is 121 Å². The maximum absolute atomic E-state index is 11.9. The Bertz CT molecular complexity index is 654. The van der Waals surface area contributed by atoms with Gasteiger partial charge in [-0.1, -0.05) is 116 Å². The minimum atomic E-state index is -3.57. The molecule has 0 unspecified atom stereocenters. The number of unbranched alkanes of at least 4 members (excludes halogenated alkanes) is 14. The monoisotopic (exact) mass is 498 g/mol. The van der Waals surface area contributed by atoms with Gasteiger partial charge >= 0.3 is 0 Å². The fourth-order valence-corrected chi connectivity index (χ4v) is 4.74. The van der Waals surface area contributed by atoms with Gasteiger partial charge in [0.25, 0.3) is 10.1 Å². The standard InChI is InChI=1S/C18H30O3S.C11H26N/c1-2-3-4-5-6-7-8-9-10-14-17-21-22(19,20)18-15-12-11-13-16-18;1-5-6-7-8-9-10-11-12(2,3)4/h11-13,15-16H,2-10,14,17H2,1H3;5-11H2,1-4H3/q;+1. The molecule has 5 heteroatoms. The van der Waals surface area contributed by atoms with Crippen molar-refractivity contribution < 1.29 is 17.1 Å². The maximum Gasteiger partial charge on any atom is 0.296 e. The summed E-state index contributed by atoms with van der Waals surface area (Å²) in [7, 11) is 3.24. The molecule has 0 saturated heterocycles. The van der Waals surface area contributed by atoms with Gasteiger partial charge in [0.15, 0.2) is 0 Å². The summed E-state index contributed by atoms with van der Waals surface area (Å²) < 4.78 is 29.9. The molecule has 0 amide bonds. The van der Waals surface area contributed by atoms with Crippen LogP contribution in [0, 0.1) is 0 Å².